The van der Waals surface area contributed by atoms with Crippen LogP contribution in [-0.2, 0) is 4.79 Å². The van der Waals surface area contributed by atoms with E-state index in [1.807, 2.05) is 32.3 Å². The number of likely N-dealkylation sites (N-methyl/N-ethyl adjacent to an activating group) is 1. The first-order valence-electron chi connectivity index (χ1n) is 8.34. The van der Waals surface area contributed by atoms with Gasteiger partial charge in [-0.25, -0.2) is 0 Å². The number of halogens is 2. The molecule has 1 aromatic rings. The molecule has 0 bridgehead atoms. The molecule has 0 aliphatic heterocycles. The second-order valence-corrected chi connectivity index (χ2v) is 6.62. The van der Waals surface area contributed by atoms with Gasteiger partial charge in [0.1, 0.15) is 5.75 Å². The topological polar surface area (TPSA) is 67.6 Å². The summed E-state index contributed by atoms with van der Waals surface area (Å²) in [4.78, 5) is 14.3. The van der Waals surface area contributed by atoms with Crippen molar-refractivity contribution in [2.75, 3.05) is 27.7 Å². The fourth-order valence-corrected chi connectivity index (χ4v) is 3.29. The Labute approximate surface area is 163 Å². The number of nitrogens with one attached hydrogen (secondary N) is 1. The van der Waals surface area contributed by atoms with Crippen LogP contribution >= 0.6 is 24.8 Å². The average molecular weight is 392 g/mol. The zero-order chi connectivity index (χ0) is 16.8. The zero-order valence-corrected chi connectivity index (χ0v) is 16.9. The molecule has 0 spiro atoms. The molecule has 1 aromatic carbocycles. The molecule has 3 N–H and O–H groups in total. The maximum Gasteiger partial charge on any atom is 0.220 e. The first kappa shape index (κ1) is 24.0. The smallest absolute Gasteiger partial charge is 0.220 e. The van der Waals surface area contributed by atoms with E-state index in [2.05, 4.69) is 16.3 Å². The number of nitrogens with two attached hydrogens (primary N) is 1. The lowest BCUT2D eigenvalue weighted by molar-refractivity contribution is -0.122. The Kier molecular flexibility index (Phi) is 11.1. The molecule has 0 heterocycles. The number of methoxy groups -OCH3 is 1. The lowest BCUT2D eigenvalue weighted by Gasteiger charge is -2.26. The van der Waals surface area contributed by atoms with Crippen molar-refractivity contribution in [2.45, 2.75) is 37.8 Å². The zero-order valence-electron chi connectivity index (χ0n) is 15.2. The number of carbonyl (C=O) groups is 1. The molecule has 2 rings (SSSR count). The number of hydrogen-bond donors (Lipinski definition) is 2. The largest absolute Gasteiger partial charge is 0.497 e. The number of ether oxygens (including phenoxy) is 1. The van der Waals surface area contributed by atoms with Gasteiger partial charge in [-0.3, -0.25) is 4.79 Å². The van der Waals surface area contributed by atoms with Gasteiger partial charge in [0.05, 0.1) is 13.2 Å². The van der Waals surface area contributed by atoms with Crippen molar-refractivity contribution in [3.05, 3.63) is 29.8 Å². The van der Waals surface area contributed by atoms with E-state index in [1.165, 1.54) is 0 Å². The molecule has 1 fully saturated rings. The molecule has 0 radical (unpaired) electrons. The average Bonchev–Trinajstić information content (AvgIpc) is 2.92. The number of benzene rings is 1. The van der Waals surface area contributed by atoms with Crippen LogP contribution in [0.25, 0.3) is 0 Å². The van der Waals surface area contributed by atoms with E-state index in [0.29, 0.717) is 18.9 Å². The molecular formula is C18H31Cl2N3O2. The van der Waals surface area contributed by atoms with Gasteiger partial charge in [0.15, 0.2) is 0 Å². The lowest BCUT2D eigenvalue weighted by Crippen LogP contribution is -2.36. The lowest BCUT2D eigenvalue weighted by atomic mass is 9.99. The third-order valence-electron chi connectivity index (χ3n) is 4.76. The van der Waals surface area contributed by atoms with Crippen molar-refractivity contribution >= 4 is 30.7 Å². The number of nitrogens with zero attached hydrogens (tertiary/aromatic N) is 1. The van der Waals surface area contributed by atoms with E-state index in [-0.39, 0.29) is 42.8 Å². The van der Waals surface area contributed by atoms with Crippen molar-refractivity contribution in [1.29, 1.82) is 0 Å². The molecule has 5 nitrogen and oxygen atoms in total. The summed E-state index contributed by atoms with van der Waals surface area (Å²) in [7, 11) is 5.70. The molecule has 7 heteroatoms. The summed E-state index contributed by atoms with van der Waals surface area (Å²) in [5.41, 5.74) is 7.18. The Morgan fingerprint density at radius 1 is 1.36 bits per heavy atom. The summed E-state index contributed by atoms with van der Waals surface area (Å²) >= 11 is 0. The minimum Gasteiger partial charge on any atom is -0.497 e. The third-order valence-corrected chi connectivity index (χ3v) is 4.76. The van der Waals surface area contributed by atoms with Crippen LogP contribution in [-0.4, -0.2) is 44.6 Å². The fraction of sp³-hybridized carbons (Fsp3) is 0.611. The maximum absolute atomic E-state index is 12.2. The Morgan fingerprint density at radius 3 is 2.64 bits per heavy atom. The molecule has 1 aliphatic carbocycles. The van der Waals surface area contributed by atoms with Crippen LogP contribution in [0.3, 0.4) is 0 Å². The highest BCUT2D eigenvalue weighted by molar-refractivity contribution is 5.85. The van der Waals surface area contributed by atoms with Crippen LogP contribution in [0, 0.1) is 5.92 Å². The fourth-order valence-electron chi connectivity index (χ4n) is 3.29. The summed E-state index contributed by atoms with van der Waals surface area (Å²) in [6, 6.07) is 8.28. The van der Waals surface area contributed by atoms with Gasteiger partial charge in [-0.1, -0.05) is 18.6 Å². The summed E-state index contributed by atoms with van der Waals surface area (Å²) in [5.74, 6) is 1.27. The summed E-state index contributed by atoms with van der Waals surface area (Å²) in [6.07, 6.45) is 3.80. The molecule has 1 amide bonds. The number of amides is 1. The van der Waals surface area contributed by atoms with Crippen molar-refractivity contribution < 1.29 is 9.53 Å². The van der Waals surface area contributed by atoms with Crippen molar-refractivity contribution in [2.24, 2.45) is 11.7 Å². The number of rotatable bonds is 7. The highest BCUT2D eigenvalue weighted by atomic mass is 35.5. The predicted molar refractivity (Wildman–Crippen MR) is 107 cm³/mol. The second-order valence-electron chi connectivity index (χ2n) is 6.62. The monoisotopic (exact) mass is 391 g/mol. The minimum atomic E-state index is 0. The van der Waals surface area contributed by atoms with E-state index in [9.17, 15) is 4.79 Å². The molecule has 3 atom stereocenters. The van der Waals surface area contributed by atoms with Gasteiger partial charge in [0, 0.05) is 19.0 Å². The second kappa shape index (κ2) is 11.6. The maximum atomic E-state index is 12.2. The molecular weight excluding hydrogens is 361 g/mol. The predicted octanol–water partition coefficient (Wildman–Crippen LogP) is 2.78. The molecule has 1 aliphatic rings. The van der Waals surface area contributed by atoms with Crippen molar-refractivity contribution in [3.63, 3.8) is 0 Å². The highest BCUT2D eigenvalue weighted by Gasteiger charge is 2.26. The molecule has 0 saturated heterocycles. The summed E-state index contributed by atoms with van der Waals surface area (Å²) < 4.78 is 5.29. The van der Waals surface area contributed by atoms with Gasteiger partial charge in [-0.15, -0.1) is 24.8 Å². The van der Waals surface area contributed by atoms with Gasteiger partial charge in [0.25, 0.3) is 0 Å². The van der Waals surface area contributed by atoms with Gasteiger partial charge >= 0.3 is 0 Å². The van der Waals surface area contributed by atoms with Gasteiger partial charge in [-0.05, 0) is 50.6 Å². The molecule has 144 valence electrons. The van der Waals surface area contributed by atoms with Crippen LogP contribution in [0.2, 0.25) is 0 Å². The van der Waals surface area contributed by atoms with Gasteiger partial charge in [0.2, 0.25) is 5.91 Å². The standard InChI is InChI=1S/C18H29N3O2.2ClH/c1-21(2)17(14-7-4-8-15(10-14)23-3)12-20-18(22)11-13-6-5-9-16(13)19;;/h4,7-8,10,13,16-17H,5-6,9,11-12,19H2,1-3H3,(H,20,22);2*1H/t13-,16+,17?;;/m0../s1. The third kappa shape index (κ3) is 7.02. The van der Waals surface area contributed by atoms with Crippen LogP contribution < -0.4 is 15.8 Å². The minimum absolute atomic E-state index is 0. The van der Waals surface area contributed by atoms with E-state index >= 15 is 0 Å². The normalized spacial score (nSPS) is 20.4. The Bertz CT molecular complexity index is 529. The first-order valence-corrected chi connectivity index (χ1v) is 8.34. The molecule has 1 unspecified atom stereocenters. The van der Waals surface area contributed by atoms with E-state index in [1.54, 1.807) is 7.11 Å². The molecule has 25 heavy (non-hydrogen) atoms. The quantitative estimate of drug-likeness (QED) is 0.749. The molecule has 1 saturated carbocycles. The SMILES string of the molecule is COc1cccc(C(CNC(=O)C[C@@H]2CCC[C@H]2N)N(C)C)c1.Cl.Cl. The van der Waals surface area contributed by atoms with E-state index in [0.717, 1.165) is 30.6 Å². The van der Waals surface area contributed by atoms with Crippen LogP contribution in [0.4, 0.5) is 0 Å². The van der Waals surface area contributed by atoms with E-state index in [4.69, 9.17) is 10.5 Å². The van der Waals surface area contributed by atoms with Crippen LogP contribution in [0.15, 0.2) is 24.3 Å². The highest BCUT2D eigenvalue weighted by Crippen LogP contribution is 2.27. The van der Waals surface area contributed by atoms with Crippen LogP contribution in [0.1, 0.15) is 37.3 Å². The van der Waals surface area contributed by atoms with Gasteiger partial charge in [-0.2, -0.15) is 0 Å². The van der Waals surface area contributed by atoms with Crippen LogP contribution in [0.5, 0.6) is 5.75 Å². The Balaban J connectivity index is 0.00000288. The summed E-state index contributed by atoms with van der Waals surface area (Å²) in [6.45, 7) is 0.584. The summed E-state index contributed by atoms with van der Waals surface area (Å²) in [5, 5.41) is 3.07. The first-order chi connectivity index (χ1) is 11.0. The molecule has 0 aromatic heterocycles. The Hall–Kier alpha value is -1.01. The Morgan fingerprint density at radius 2 is 2.08 bits per heavy atom. The van der Waals surface area contributed by atoms with Crippen molar-refractivity contribution in [3.8, 4) is 5.75 Å². The number of hydrogen-bond acceptors (Lipinski definition) is 4. The van der Waals surface area contributed by atoms with E-state index < -0.39 is 0 Å². The van der Waals surface area contributed by atoms with Crippen molar-refractivity contribution in [1.82, 2.24) is 10.2 Å². The van der Waals surface area contributed by atoms with Gasteiger partial charge < -0.3 is 20.7 Å². The number of carbonyl (C=O) groups excluding carboxylic acids is 1.